The molecule has 29 heavy (non-hydrogen) atoms. The summed E-state index contributed by atoms with van der Waals surface area (Å²) in [7, 11) is 0. The number of hydrogen-bond donors (Lipinski definition) is 3. The van der Waals surface area contributed by atoms with Gasteiger partial charge in [-0.3, -0.25) is 0 Å². The zero-order chi connectivity index (χ0) is 20.6. The quantitative estimate of drug-likeness (QED) is 0.528. The summed E-state index contributed by atoms with van der Waals surface area (Å²) in [5.74, 6) is -1.13. The van der Waals surface area contributed by atoms with Crippen molar-refractivity contribution in [3.05, 3.63) is 59.7 Å². The van der Waals surface area contributed by atoms with Gasteiger partial charge in [0.1, 0.15) is 12.6 Å². The SMILES string of the molecule is O=C(N[C@@H](CCCCCCO)C(=O)O)OCC1c2ccccc2-c2ccccc21. The fourth-order valence-electron chi connectivity index (χ4n) is 3.85. The van der Waals surface area contributed by atoms with E-state index >= 15 is 0 Å². The maximum atomic E-state index is 12.2. The molecule has 1 amide bonds. The van der Waals surface area contributed by atoms with Crippen molar-refractivity contribution in [2.24, 2.45) is 0 Å². The van der Waals surface area contributed by atoms with Gasteiger partial charge < -0.3 is 20.3 Å². The average molecular weight is 397 g/mol. The van der Waals surface area contributed by atoms with Crippen molar-refractivity contribution in [2.45, 2.75) is 44.1 Å². The van der Waals surface area contributed by atoms with E-state index in [0.717, 1.165) is 35.1 Å². The summed E-state index contributed by atoms with van der Waals surface area (Å²) in [6, 6.07) is 15.1. The van der Waals surface area contributed by atoms with Crippen molar-refractivity contribution in [1.29, 1.82) is 0 Å². The lowest BCUT2D eigenvalue weighted by Crippen LogP contribution is -2.41. The Balaban J connectivity index is 1.56. The molecule has 0 aliphatic heterocycles. The summed E-state index contributed by atoms with van der Waals surface area (Å²) in [4.78, 5) is 23.7. The van der Waals surface area contributed by atoms with Crippen LogP contribution >= 0.6 is 0 Å². The Kier molecular flexibility index (Phi) is 7.25. The van der Waals surface area contributed by atoms with E-state index < -0.39 is 18.1 Å². The number of rotatable bonds is 10. The summed E-state index contributed by atoms with van der Waals surface area (Å²) in [5.41, 5.74) is 4.51. The molecule has 0 spiro atoms. The molecule has 0 heterocycles. The third kappa shape index (κ3) is 5.15. The molecular formula is C23H27NO5. The van der Waals surface area contributed by atoms with Gasteiger partial charge in [0, 0.05) is 12.5 Å². The number of aliphatic hydroxyl groups excluding tert-OH is 1. The van der Waals surface area contributed by atoms with Crippen molar-refractivity contribution in [3.8, 4) is 11.1 Å². The fraction of sp³-hybridized carbons (Fsp3) is 0.391. The molecule has 0 saturated carbocycles. The highest BCUT2D eigenvalue weighted by molar-refractivity contribution is 5.81. The highest BCUT2D eigenvalue weighted by Gasteiger charge is 2.29. The number of carboxylic acid groups (broad SMARTS) is 1. The highest BCUT2D eigenvalue weighted by Crippen LogP contribution is 2.44. The van der Waals surface area contributed by atoms with Crippen molar-refractivity contribution in [1.82, 2.24) is 5.32 Å². The van der Waals surface area contributed by atoms with Crippen molar-refractivity contribution < 1.29 is 24.5 Å². The first-order valence-corrected chi connectivity index (χ1v) is 10.1. The number of carbonyl (C=O) groups excluding carboxylic acids is 1. The van der Waals surface area contributed by atoms with E-state index in [1.54, 1.807) is 0 Å². The lowest BCUT2D eigenvalue weighted by molar-refractivity contribution is -0.139. The fourth-order valence-corrected chi connectivity index (χ4v) is 3.85. The Morgan fingerprint density at radius 3 is 2.10 bits per heavy atom. The molecule has 0 bridgehead atoms. The number of alkyl carbamates (subject to hydrolysis) is 1. The number of aliphatic carboxylic acids is 1. The summed E-state index contributed by atoms with van der Waals surface area (Å²) >= 11 is 0. The molecule has 2 aromatic rings. The van der Waals surface area contributed by atoms with Crippen LogP contribution in [0.25, 0.3) is 11.1 Å². The third-order valence-corrected chi connectivity index (χ3v) is 5.33. The van der Waals surface area contributed by atoms with Crippen LogP contribution in [-0.2, 0) is 9.53 Å². The molecular weight excluding hydrogens is 370 g/mol. The Morgan fingerprint density at radius 2 is 1.52 bits per heavy atom. The van der Waals surface area contributed by atoms with Gasteiger partial charge in [-0.25, -0.2) is 9.59 Å². The normalized spacial score (nSPS) is 13.4. The molecule has 3 N–H and O–H groups in total. The predicted molar refractivity (Wildman–Crippen MR) is 110 cm³/mol. The van der Waals surface area contributed by atoms with Crippen LogP contribution in [0.5, 0.6) is 0 Å². The lowest BCUT2D eigenvalue weighted by atomic mass is 9.98. The second kappa shape index (κ2) is 10.1. The summed E-state index contributed by atoms with van der Waals surface area (Å²) < 4.78 is 5.42. The second-order valence-electron chi connectivity index (χ2n) is 7.29. The van der Waals surface area contributed by atoms with Crippen LogP contribution < -0.4 is 5.32 Å². The number of amides is 1. The Hall–Kier alpha value is -2.86. The van der Waals surface area contributed by atoms with Gasteiger partial charge in [-0.2, -0.15) is 0 Å². The molecule has 3 rings (SSSR count). The molecule has 0 radical (unpaired) electrons. The van der Waals surface area contributed by atoms with Crippen LogP contribution in [-0.4, -0.2) is 41.5 Å². The Labute approximate surface area is 170 Å². The molecule has 1 aliphatic rings. The van der Waals surface area contributed by atoms with E-state index in [1.165, 1.54) is 0 Å². The molecule has 0 saturated heterocycles. The topological polar surface area (TPSA) is 95.9 Å². The number of fused-ring (bicyclic) bond motifs is 3. The maximum absolute atomic E-state index is 12.2. The minimum absolute atomic E-state index is 0.0603. The molecule has 2 aromatic carbocycles. The number of unbranched alkanes of at least 4 members (excludes halogenated alkanes) is 3. The molecule has 0 unspecified atom stereocenters. The molecule has 0 aromatic heterocycles. The third-order valence-electron chi connectivity index (χ3n) is 5.33. The first-order chi connectivity index (χ1) is 14.1. The van der Waals surface area contributed by atoms with Crippen LogP contribution in [0.2, 0.25) is 0 Å². The van der Waals surface area contributed by atoms with Gasteiger partial charge in [-0.05, 0) is 35.1 Å². The van der Waals surface area contributed by atoms with Gasteiger partial charge in [0.05, 0.1) is 0 Å². The van der Waals surface area contributed by atoms with Crippen LogP contribution in [0.1, 0.15) is 49.1 Å². The number of aliphatic hydroxyl groups is 1. The van der Waals surface area contributed by atoms with Crippen LogP contribution in [0.15, 0.2) is 48.5 Å². The van der Waals surface area contributed by atoms with Gasteiger partial charge in [0.2, 0.25) is 0 Å². The first kappa shape index (κ1) is 20.9. The van der Waals surface area contributed by atoms with Gasteiger partial charge in [0.15, 0.2) is 0 Å². The molecule has 6 nitrogen and oxygen atoms in total. The summed E-state index contributed by atoms with van der Waals surface area (Å²) in [6.45, 7) is 0.295. The first-order valence-electron chi connectivity index (χ1n) is 10.1. The minimum atomic E-state index is -1.07. The number of nitrogens with one attached hydrogen (secondary N) is 1. The van der Waals surface area contributed by atoms with Gasteiger partial charge in [0.25, 0.3) is 0 Å². The van der Waals surface area contributed by atoms with Crippen molar-refractivity contribution in [2.75, 3.05) is 13.2 Å². The number of carboxylic acids is 1. The Morgan fingerprint density at radius 1 is 0.931 bits per heavy atom. The van der Waals surface area contributed by atoms with Crippen molar-refractivity contribution in [3.63, 3.8) is 0 Å². The van der Waals surface area contributed by atoms with E-state index in [1.807, 2.05) is 36.4 Å². The number of ether oxygens (including phenoxy) is 1. The van der Waals surface area contributed by atoms with E-state index in [0.29, 0.717) is 19.3 Å². The number of hydrogen-bond acceptors (Lipinski definition) is 4. The zero-order valence-corrected chi connectivity index (χ0v) is 16.3. The summed E-state index contributed by atoms with van der Waals surface area (Å²) in [5, 5.41) is 20.6. The van der Waals surface area contributed by atoms with Crippen LogP contribution in [0.4, 0.5) is 4.79 Å². The molecule has 0 fully saturated rings. The second-order valence-corrected chi connectivity index (χ2v) is 7.29. The average Bonchev–Trinajstić information content (AvgIpc) is 3.05. The zero-order valence-electron chi connectivity index (χ0n) is 16.3. The molecule has 154 valence electrons. The van der Waals surface area contributed by atoms with E-state index in [-0.39, 0.29) is 19.1 Å². The van der Waals surface area contributed by atoms with Gasteiger partial charge in [-0.15, -0.1) is 0 Å². The minimum Gasteiger partial charge on any atom is -0.480 e. The standard InChI is InChI=1S/C23H27NO5/c25-14-8-2-1-3-13-21(22(26)27)24-23(28)29-15-20-18-11-6-4-9-16(18)17-10-5-7-12-19(17)20/h4-7,9-12,20-21,25H,1-3,8,13-15H2,(H,24,28)(H,26,27)/t21-/m0/s1. The monoisotopic (exact) mass is 397 g/mol. The lowest BCUT2D eigenvalue weighted by Gasteiger charge is -2.17. The largest absolute Gasteiger partial charge is 0.480 e. The van der Waals surface area contributed by atoms with Gasteiger partial charge >= 0.3 is 12.1 Å². The Bertz CT molecular complexity index is 805. The molecule has 1 aliphatic carbocycles. The van der Waals surface area contributed by atoms with Gasteiger partial charge in [-0.1, -0.05) is 67.8 Å². The van der Waals surface area contributed by atoms with E-state index in [2.05, 4.69) is 17.4 Å². The molecule has 1 atom stereocenters. The predicted octanol–water partition coefficient (Wildman–Crippen LogP) is 3.92. The molecule has 6 heteroatoms. The maximum Gasteiger partial charge on any atom is 0.407 e. The van der Waals surface area contributed by atoms with Crippen molar-refractivity contribution >= 4 is 12.1 Å². The summed E-state index contributed by atoms with van der Waals surface area (Å²) in [6.07, 6.45) is 2.66. The van der Waals surface area contributed by atoms with E-state index in [4.69, 9.17) is 9.84 Å². The number of benzene rings is 2. The van der Waals surface area contributed by atoms with Crippen LogP contribution in [0.3, 0.4) is 0 Å². The van der Waals surface area contributed by atoms with Crippen LogP contribution in [0, 0.1) is 0 Å². The highest BCUT2D eigenvalue weighted by atomic mass is 16.5. The number of carbonyl (C=O) groups is 2. The smallest absolute Gasteiger partial charge is 0.407 e. The van der Waals surface area contributed by atoms with E-state index in [9.17, 15) is 14.7 Å².